The molecule has 10 heteroatoms. The molecule has 1 fully saturated rings. The first kappa shape index (κ1) is 19.1. The summed E-state index contributed by atoms with van der Waals surface area (Å²) < 4.78 is 8.96. The Labute approximate surface area is 178 Å². The number of pyridine rings is 2. The van der Waals surface area contributed by atoms with Crippen LogP contribution in [0.25, 0.3) is 28.1 Å². The minimum Gasteiger partial charge on any atom is -0.382 e. The maximum atomic E-state index is 9.09. The van der Waals surface area contributed by atoms with Gasteiger partial charge in [0.05, 0.1) is 30.6 Å². The van der Waals surface area contributed by atoms with Gasteiger partial charge in [-0.3, -0.25) is 0 Å². The van der Waals surface area contributed by atoms with Crippen LogP contribution in [-0.2, 0) is 11.3 Å². The van der Waals surface area contributed by atoms with Crippen LogP contribution in [0.15, 0.2) is 36.9 Å². The SMILES string of the molecule is CC(C)Nc1cc(-n2ncc3cc(C#N)cnc32)ncc1-c1cn(CC2CCO2)nn1. The van der Waals surface area contributed by atoms with Gasteiger partial charge < -0.3 is 10.1 Å². The molecule has 31 heavy (non-hydrogen) atoms. The van der Waals surface area contributed by atoms with Crippen LogP contribution in [0.2, 0.25) is 0 Å². The number of nitriles is 1. The summed E-state index contributed by atoms with van der Waals surface area (Å²) >= 11 is 0. The number of ether oxygens (including phenoxy) is 1. The van der Waals surface area contributed by atoms with Crippen LogP contribution in [0, 0.1) is 11.3 Å². The van der Waals surface area contributed by atoms with Crippen molar-refractivity contribution in [3.05, 3.63) is 42.5 Å². The zero-order valence-electron chi connectivity index (χ0n) is 17.2. The first-order valence-electron chi connectivity index (χ1n) is 10.1. The van der Waals surface area contributed by atoms with Gasteiger partial charge in [-0.05, 0) is 26.3 Å². The van der Waals surface area contributed by atoms with Crippen molar-refractivity contribution in [1.82, 2.24) is 34.7 Å². The van der Waals surface area contributed by atoms with E-state index in [-0.39, 0.29) is 12.1 Å². The number of aromatic nitrogens is 7. The monoisotopic (exact) mass is 415 g/mol. The Morgan fingerprint density at radius 2 is 2.13 bits per heavy atom. The smallest absolute Gasteiger partial charge is 0.164 e. The van der Waals surface area contributed by atoms with Crippen LogP contribution < -0.4 is 5.32 Å². The van der Waals surface area contributed by atoms with Gasteiger partial charge in [-0.1, -0.05) is 5.21 Å². The summed E-state index contributed by atoms with van der Waals surface area (Å²) in [7, 11) is 0. The Bertz CT molecular complexity index is 1280. The molecule has 0 saturated carbocycles. The highest BCUT2D eigenvalue weighted by Gasteiger charge is 2.20. The summed E-state index contributed by atoms with van der Waals surface area (Å²) in [5.74, 6) is 0.620. The lowest BCUT2D eigenvalue weighted by Gasteiger charge is -2.25. The average Bonchev–Trinajstić information content (AvgIpc) is 3.36. The molecule has 0 spiro atoms. The summed E-state index contributed by atoms with van der Waals surface area (Å²) in [5.41, 5.74) is 3.61. The average molecular weight is 415 g/mol. The Kier molecular flexibility index (Phi) is 4.80. The summed E-state index contributed by atoms with van der Waals surface area (Å²) in [4.78, 5) is 8.99. The molecule has 1 aliphatic heterocycles. The Hall–Kier alpha value is -3.84. The number of nitrogens with one attached hydrogen (secondary N) is 1. The lowest BCUT2D eigenvalue weighted by atomic mass is 10.1. The number of nitrogens with zero attached hydrogens (tertiary/aromatic N) is 8. The van der Waals surface area contributed by atoms with E-state index in [0.29, 0.717) is 23.6 Å². The molecule has 0 amide bonds. The zero-order valence-corrected chi connectivity index (χ0v) is 17.2. The molecule has 0 bridgehead atoms. The van der Waals surface area contributed by atoms with E-state index in [4.69, 9.17) is 10.00 Å². The van der Waals surface area contributed by atoms with Gasteiger partial charge in [0.2, 0.25) is 0 Å². The van der Waals surface area contributed by atoms with Crippen LogP contribution in [0.3, 0.4) is 0 Å². The normalized spacial score (nSPS) is 15.7. The number of anilines is 1. The van der Waals surface area contributed by atoms with Gasteiger partial charge in [0.25, 0.3) is 0 Å². The summed E-state index contributed by atoms with van der Waals surface area (Å²) in [6.07, 6.45) is 8.16. The minimum atomic E-state index is 0.207. The van der Waals surface area contributed by atoms with Gasteiger partial charge >= 0.3 is 0 Å². The predicted molar refractivity (Wildman–Crippen MR) is 114 cm³/mol. The van der Waals surface area contributed by atoms with E-state index in [1.54, 1.807) is 23.1 Å². The van der Waals surface area contributed by atoms with Gasteiger partial charge in [0.1, 0.15) is 11.8 Å². The van der Waals surface area contributed by atoms with Crippen molar-refractivity contribution in [3.63, 3.8) is 0 Å². The third-order valence-electron chi connectivity index (χ3n) is 5.09. The van der Waals surface area contributed by atoms with E-state index < -0.39 is 0 Å². The fourth-order valence-electron chi connectivity index (χ4n) is 3.49. The fraction of sp³-hybridized carbons (Fsp3) is 0.333. The lowest BCUT2D eigenvalue weighted by Crippen LogP contribution is -2.31. The molecular formula is C21H21N9O. The molecule has 1 N–H and O–H groups in total. The van der Waals surface area contributed by atoms with Gasteiger partial charge in [0.15, 0.2) is 11.5 Å². The van der Waals surface area contributed by atoms with E-state index in [9.17, 15) is 0 Å². The maximum absolute atomic E-state index is 9.09. The molecule has 5 heterocycles. The third kappa shape index (κ3) is 3.71. The first-order valence-corrected chi connectivity index (χ1v) is 10.1. The number of hydrogen-bond donors (Lipinski definition) is 1. The van der Waals surface area contributed by atoms with E-state index in [1.807, 2.05) is 16.9 Å². The fourth-order valence-corrected chi connectivity index (χ4v) is 3.49. The quantitative estimate of drug-likeness (QED) is 0.510. The molecule has 1 saturated heterocycles. The summed E-state index contributed by atoms with van der Waals surface area (Å²) in [6.45, 7) is 5.65. The van der Waals surface area contributed by atoms with Crippen molar-refractivity contribution in [2.45, 2.75) is 39.0 Å². The van der Waals surface area contributed by atoms with Crippen LogP contribution in [-0.4, -0.2) is 53.5 Å². The van der Waals surface area contributed by atoms with Crippen molar-refractivity contribution < 1.29 is 4.74 Å². The summed E-state index contributed by atoms with van der Waals surface area (Å²) in [6, 6.07) is 5.99. The Balaban J connectivity index is 1.52. The largest absolute Gasteiger partial charge is 0.382 e. The van der Waals surface area contributed by atoms with Crippen molar-refractivity contribution in [2.75, 3.05) is 11.9 Å². The molecular weight excluding hydrogens is 394 g/mol. The molecule has 5 rings (SSSR count). The van der Waals surface area contributed by atoms with Gasteiger partial charge in [-0.15, -0.1) is 5.10 Å². The van der Waals surface area contributed by atoms with Crippen LogP contribution >= 0.6 is 0 Å². The molecule has 4 aromatic heterocycles. The highest BCUT2D eigenvalue weighted by Crippen LogP contribution is 2.29. The molecule has 1 aliphatic rings. The van der Waals surface area contributed by atoms with Gasteiger partial charge in [-0.2, -0.15) is 15.0 Å². The first-order chi connectivity index (χ1) is 15.1. The minimum absolute atomic E-state index is 0.207. The molecule has 156 valence electrons. The molecule has 1 atom stereocenters. The predicted octanol–water partition coefficient (Wildman–Crippen LogP) is 2.55. The highest BCUT2D eigenvalue weighted by atomic mass is 16.5. The Morgan fingerprint density at radius 3 is 2.87 bits per heavy atom. The third-order valence-corrected chi connectivity index (χ3v) is 5.09. The maximum Gasteiger partial charge on any atom is 0.164 e. The Morgan fingerprint density at radius 1 is 1.26 bits per heavy atom. The number of hydrogen-bond acceptors (Lipinski definition) is 8. The van der Waals surface area contributed by atoms with Gasteiger partial charge in [-0.25, -0.2) is 14.6 Å². The van der Waals surface area contributed by atoms with Crippen molar-refractivity contribution in [1.29, 1.82) is 5.26 Å². The number of rotatable bonds is 6. The van der Waals surface area contributed by atoms with Crippen LogP contribution in [0.5, 0.6) is 0 Å². The summed E-state index contributed by atoms with van der Waals surface area (Å²) in [5, 5.41) is 26.3. The second-order valence-electron chi connectivity index (χ2n) is 7.80. The molecule has 0 aliphatic carbocycles. The second kappa shape index (κ2) is 7.77. The van der Waals surface area contributed by atoms with Crippen LogP contribution in [0.4, 0.5) is 5.69 Å². The van der Waals surface area contributed by atoms with E-state index in [0.717, 1.165) is 35.4 Å². The lowest BCUT2D eigenvalue weighted by molar-refractivity contribution is -0.0611. The van der Waals surface area contributed by atoms with E-state index in [1.165, 1.54) is 6.20 Å². The molecule has 0 radical (unpaired) electrons. The van der Waals surface area contributed by atoms with Crippen molar-refractivity contribution >= 4 is 16.7 Å². The molecule has 10 nitrogen and oxygen atoms in total. The molecule has 1 unspecified atom stereocenters. The van der Waals surface area contributed by atoms with E-state index in [2.05, 4.69) is 50.6 Å². The number of fused-ring (bicyclic) bond motifs is 1. The zero-order chi connectivity index (χ0) is 21.4. The van der Waals surface area contributed by atoms with Crippen molar-refractivity contribution in [3.8, 4) is 23.1 Å². The van der Waals surface area contributed by atoms with Crippen molar-refractivity contribution in [2.24, 2.45) is 0 Å². The second-order valence-corrected chi connectivity index (χ2v) is 7.80. The standard InChI is InChI=1S/C21H21N9O/c1-13(2)26-18-6-20(30-21-15(9-25-30)5-14(7-22)8-24-21)23-10-17(18)19-12-29(28-27-19)11-16-3-4-31-16/h5-6,8-10,12-13,16H,3-4,11H2,1-2H3,(H,23,26). The highest BCUT2D eigenvalue weighted by molar-refractivity contribution is 5.79. The van der Waals surface area contributed by atoms with Gasteiger partial charge in [0, 0.05) is 47.7 Å². The topological polar surface area (TPSA) is 119 Å². The van der Waals surface area contributed by atoms with E-state index >= 15 is 0 Å². The molecule has 0 aromatic carbocycles. The van der Waals surface area contributed by atoms with Crippen LogP contribution in [0.1, 0.15) is 25.8 Å². The molecule has 4 aromatic rings.